The summed E-state index contributed by atoms with van der Waals surface area (Å²) in [4.78, 5) is 2.58. The first-order valence-corrected chi connectivity index (χ1v) is 9.08. The van der Waals surface area contributed by atoms with Gasteiger partial charge in [0.15, 0.2) is 0 Å². The Bertz CT molecular complexity index is 623. The number of hydrogen-bond acceptors (Lipinski definition) is 2. The van der Waals surface area contributed by atoms with Crippen LogP contribution in [0.25, 0.3) is 0 Å². The minimum absolute atomic E-state index is 0.00960. The second-order valence-electron chi connectivity index (χ2n) is 8.63. The van der Waals surface area contributed by atoms with E-state index in [1.807, 2.05) is 7.11 Å². The molecule has 0 saturated carbocycles. The molecule has 2 nitrogen and oxygen atoms in total. The largest absolute Gasteiger partial charge is 0.375 e. The highest BCUT2D eigenvalue weighted by Gasteiger charge is 2.42. The quantitative estimate of drug-likeness (QED) is 0.661. The van der Waals surface area contributed by atoms with E-state index in [2.05, 4.69) is 107 Å². The van der Waals surface area contributed by atoms with Gasteiger partial charge in [0, 0.05) is 18.2 Å². The molecule has 0 N–H and O–H groups in total. The molecule has 0 radical (unpaired) electrons. The molecule has 2 aromatic carbocycles. The van der Waals surface area contributed by atoms with E-state index >= 15 is 0 Å². The van der Waals surface area contributed by atoms with Crippen LogP contribution in [0.4, 0.5) is 0 Å². The molecule has 0 spiro atoms. The summed E-state index contributed by atoms with van der Waals surface area (Å²) in [7, 11) is 1.82. The molecule has 136 valence electrons. The monoisotopic (exact) mass is 339 g/mol. The number of nitrogens with zero attached hydrogens (tertiary/aromatic N) is 1. The van der Waals surface area contributed by atoms with Crippen LogP contribution in [0, 0.1) is 0 Å². The Labute approximate surface area is 153 Å². The van der Waals surface area contributed by atoms with Crippen LogP contribution in [0.5, 0.6) is 0 Å². The van der Waals surface area contributed by atoms with E-state index < -0.39 is 0 Å². The summed E-state index contributed by atoms with van der Waals surface area (Å²) in [5.41, 5.74) is 2.47. The minimum Gasteiger partial charge on any atom is -0.375 e. The lowest BCUT2D eigenvalue weighted by molar-refractivity contribution is -0.0740. The van der Waals surface area contributed by atoms with Gasteiger partial charge in [-0.15, -0.1) is 0 Å². The maximum Gasteiger partial charge on any atom is 0.102 e. The number of hydrogen-bond donors (Lipinski definition) is 0. The molecular weight excluding hydrogens is 306 g/mol. The molecule has 0 fully saturated rings. The first-order chi connectivity index (χ1) is 11.7. The van der Waals surface area contributed by atoms with Gasteiger partial charge in [0.2, 0.25) is 0 Å². The van der Waals surface area contributed by atoms with Gasteiger partial charge in [-0.25, -0.2) is 0 Å². The van der Waals surface area contributed by atoms with Crippen molar-refractivity contribution in [3.63, 3.8) is 0 Å². The first-order valence-electron chi connectivity index (χ1n) is 9.08. The van der Waals surface area contributed by atoms with Crippen LogP contribution in [-0.2, 0) is 4.74 Å². The van der Waals surface area contributed by atoms with Crippen molar-refractivity contribution < 1.29 is 4.74 Å². The summed E-state index contributed by atoms with van der Waals surface area (Å²) in [5.74, 6) is 0. The summed E-state index contributed by atoms with van der Waals surface area (Å²) in [6.07, 6.45) is -0.0398. The number of benzene rings is 2. The average Bonchev–Trinajstić information content (AvgIpc) is 2.54. The summed E-state index contributed by atoms with van der Waals surface area (Å²) in [6.45, 7) is 13.7. The van der Waals surface area contributed by atoms with Crippen molar-refractivity contribution in [1.29, 1.82) is 0 Å². The highest BCUT2D eigenvalue weighted by molar-refractivity contribution is 5.27. The van der Waals surface area contributed by atoms with Crippen LogP contribution in [0.2, 0.25) is 0 Å². The Kier molecular flexibility index (Phi) is 6.08. The molecule has 0 unspecified atom stereocenters. The minimum atomic E-state index is -0.0398. The second kappa shape index (κ2) is 7.72. The van der Waals surface area contributed by atoms with E-state index in [0.29, 0.717) is 0 Å². The van der Waals surface area contributed by atoms with Gasteiger partial charge in [0.25, 0.3) is 0 Å². The van der Waals surface area contributed by atoms with E-state index in [0.717, 1.165) is 0 Å². The molecular formula is C23H33NO. The van der Waals surface area contributed by atoms with Crippen molar-refractivity contribution in [2.45, 2.75) is 64.8 Å². The molecule has 0 bridgehead atoms. The smallest absolute Gasteiger partial charge is 0.102 e. The zero-order chi connectivity index (χ0) is 18.7. The number of rotatable bonds is 5. The van der Waals surface area contributed by atoms with Crippen LogP contribution < -0.4 is 0 Å². The molecule has 0 aliphatic carbocycles. The third-order valence-electron chi connectivity index (χ3n) is 4.53. The summed E-state index contributed by atoms with van der Waals surface area (Å²) >= 11 is 0. The second-order valence-corrected chi connectivity index (χ2v) is 8.63. The third-order valence-corrected chi connectivity index (χ3v) is 4.53. The predicted octanol–water partition coefficient (Wildman–Crippen LogP) is 6.01. The van der Waals surface area contributed by atoms with E-state index in [1.165, 1.54) is 11.1 Å². The highest BCUT2D eigenvalue weighted by Crippen LogP contribution is 2.43. The lowest BCUT2D eigenvalue weighted by Gasteiger charge is -2.52. The van der Waals surface area contributed by atoms with Crippen molar-refractivity contribution in [3.05, 3.63) is 71.8 Å². The highest BCUT2D eigenvalue weighted by atomic mass is 16.5. The van der Waals surface area contributed by atoms with Crippen molar-refractivity contribution in [1.82, 2.24) is 4.90 Å². The van der Waals surface area contributed by atoms with Crippen molar-refractivity contribution in [3.8, 4) is 0 Å². The van der Waals surface area contributed by atoms with Gasteiger partial charge >= 0.3 is 0 Å². The van der Waals surface area contributed by atoms with Crippen molar-refractivity contribution in [2.24, 2.45) is 0 Å². The van der Waals surface area contributed by atoms with Gasteiger partial charge in [-0.2, -0.15) is 0 Å². The van der Waals surface area contributed by atoms with Gasteiger partial charge in [-0.05, 0) is 52.7 Å². The molecule has 2 rings (SSSR count). The fraction of sp³-hybridized carbons (Fsp3) is 0.478. The molecule has 25 heavy (non-hydrogen) atoms. The fourth-order valence-corrected chi connectivity index (χ4v) is 4.04. The van der Waals surface area contributed by atoms with Gasteiger partial charge < -0.3 is 4.74 Å². The topological polar surface area (TPSA) is 12.5 Å². The van der Waals surface area contributed by atoms with E-state index in [4.69, 9.17) is 4.74 Å². The lowest BCUT2D eigenvalue weighted by atomic mass is 9.85. The maximum absolute atomic E-state index is 6.08. The Morgan fingerprint density at radius 3 is 1.44 bits per heavy atom. The molecule has 0 amide bonds. The van der Waals surface area contributed by atoms with Gasteiger partial charge in [0.05, 0.1) is 6.04 Å². The zero-order valence-electron chi connectivity index (χ0n) is 16.8. The van der Waals surface area contributed by atoms with Gasteiger partial charge in [-0.1, -0.05) is 60.7 Å². The third kappa shape index (κ3) is 4.71. The SMILES string of the molecule is CO[C@H](c1ccccc1)[C@@H](c1ccccc1)N(C(C)(C)C)C(C)(C)C. The standard InChI is InChI=1S/C23H33NO/c1-22(2,3)24(23(4,5)6)20(18-14-10-8-11-15-18)21(25-7)19-16-12-9-13-17-19/h8-17,20-21H,1-7H3/t20-,21-/m1/s1. The normalized spacial score (nSPS) is 15.2. The first kappa shape index (κ1) is 19.7. The summed E-state index contributed by atoms with van der Waals surface area (Å²) in [5, 5.41) is 0. The zero-order valence-corrected chi connectivity index (χ0v) is 16.8. The summed E-state index contributed by atoms with van der Waals surface area (Å²) in [6, 6.07) is 21.4. The van der Waals surface area contributed by atoms with Crippen molar-refractivity contribution in [2.75, 3.05) is 7.11 Å². The van der Waals surface area contributed by atoms with Gasteiger partial charge in [0.1, 0.15) is 6.10 Å². The number of ether oxygens (including phenoxy) is 1. The van der Waals surface area contributed by atoms with Crippen molar-refractivity contribution >= 4 is 0 Å². The Morgan fingerprint density at radius 1 is 0.680 bits per heavy atom. The van der Waals surface area contributed by atoms with Crippen LogP contribution in [0.15, 0.2) is 60.7 Å². The molecule has 0 saturated heterocycles. The molecule has 0 aliphatic rings. The molecule has 0 aliphatic heterocycles. The fourth-order valence-electron chi connectivity index (χ4n) is 4.04. The van der Waals surface area contributed by atoms with Crippen LogP contribution in [0.3, 0.4) is 0 Å². The summed E-state index contributed by atoms with van der Waals surface area (Å²) < 4.78 is 6.08. The average molecular weight is 340 g/mol. The molecule has 0 heterocycles. The lowest BCUT2D eigenvalue weighted by Crippen LogP contribution is -2.55. The van der Waals surface area contributed by atoms with Crippen LogP contribution in [-0.4, -0.2) is 23.1 Å². The Hall–Kier alpha value is -1.64. The molecule has 2 atom stereocenters. The molecule has 0 aromatic heterocycles. The number of methoxy groups -OCH3 is 1. The molecule has 2 aromatic rings. The van der Waals surface area contributed by atoms with Crippen LogP contribution >= 0.6 is 0 Å². The van der Waals surface area contributed by atoms with E-state index in [1.54, 1.807) is 0 Å². The Morgan fingerprint density at radius 2 is 1.08 bits per heavy atom. The maximum atomic E-state index is 6.08. The molecule has 2 heteroatoms. The van der Waals surface area contributed by atoms with Gasteiger partial charge in [-0.3, -0.25) is 4.90 Å². The van der Waals surface area contributed by atoms with Crippen LogP contribution in [0.1, 0.15) is 64.8 Å². The Balaban J connectivity index is 2.64. The van der Waals surface area contributed by atoms with E-state index in [-0.39, 0.29) is 23.2 Å². The predicted molar refractivity (Wildman–Crippen MR) is 107 cm³/mol. The van der Waals surface area contributed by atoms with E-state index in [9.17, 15) is 0 Å².